The fourth-order valence-electron chi connectivity index (χ4n) is 1.09. The molecule has 1 N–H and O–H groups in total. The molecule has 0 heterocycles. The highest BCUT2D eigenvalue weighted by atomic mass is 16.1. The van der Waals surface area contributed by atoms with Gasteiger partial charge < -0.3 is 5.32 Å². The van der Waals surface area contributed by atoms with Crippen LogP contribution in [-0.2, 0) is 0 Å². The van der Waals surface area contributed by atoms with E-state index < -0.39 is 0 Å². The lowest BCUT2D eigenvalue weighted by Crippen LogP contribution is -2.03. The van der Waals surface area contributed by atoms with Crippen molar-refractivity contribution >= 4 is 5.78 Å². The van der Waals surface area contributed by atoms with Gasteiger partial charge in [0.2, 0.25) is 0 Å². The molecule has 2 heteroatoms. The molecule has 0 amide bonds. The number of carbonyl (C=O) groups excluding carboxylic acids is 1. The summed E-state index contributed by atoms with van der Waals surface area (Å²) in [6.07, 6.45) is 2.35. The van der Waals surface area contributed by atoms with Crippen LogP contribution in [0.25, 0.3) is 0 Å². The second kappa shape index (κ2) is 5.22. The van der Waals surface area contributed by atoms with Crippen molar-refractivity contribution in [2.45, 2.75) is 13.3 Å². The standard InChI is InChI=1S/C12H15NO/c1-10(13-2)8-9-12(14)11-6-4-3-5-7-11/h3-8,13H,9H2,1-2H3/b10-8+. The van der Waals surface area contributed by atoms with Crippen molar-refractivity contribution in [1.82, 2.24) is 5.32 Å². The summed E-state index contributed by atoms with van der Waals surface area (Å²) in [7, 11) is 1.85. The summed E-state index contributed by atoms with van der Waals surface area (Å²) in [6.45, 7) is 1.94. The average molecular weight is 189 g/mol. The van der Waals surface area contributed by atoms with Crippen LogP contribution in [0.2, 0.25) is 0 Å². The van der Waals surface area contributed by atoms with E-state index in [9.17, 15) is 4.79 Å². The van der Waals surface area contributed by atoms with Crippen molar-refractivity contribution in [3.8, 4) is 0 Å². The molecule has 2 nitrogen and oxygen atoms in total. The highest BCUT2D eigenvalue weighted by Crippen LogP contribution is 2.04. The monoisotopic (exact) mass is 189 g/mol. The molecule has 0 aliphatic rings. The molecular formula is C12H15NO. The van der Waals surface area contributed by atoms with Gasteiger partial charge in [0, 0.05) is 24.7 Å². The lowest BCUT2D eigenvalue weighted by molar-refractivity contribution is 0.0995. The van der Waals surface area contributed by atoms with Gasteiger partial charge in [0.25, 0.3) is 0 Å². The molecule has 0 saturated carbocycles. The molecule has 0 aliphatic heterocycles. The zero-order chi connectivity index (χ0) is 10.4. The SMILES string of the molecule is CN/C(C)=C/CC(=O)c1ccccc1. The van der Waals surface area contributed by atoms with Gasteiger partial charge in [-0.05, 0) is 6.92 Å². The molecule has 0 spiro atoms. The minimum absolute atomic E-state index is 0.153. The van der Waals surface area contributed by atoms with E-state index in [-0.39, 0.29) is 5.78 Å². The average Bonchev–Trinajstić information content (AvgIpc) is 2.26. The van der Waals surface area contributed by atoms with Gasteiger partial charge in [-0.15, -0.1) is 0 Å². The van der Waals surface area contributed by atoms with Gasteiger partial charge in [-0.3, -0.25) is 4.79 Å². The third kappa shape index (κ3) is 3.05. The maximum absolute atomic E-state index is 11.6. The Morgan fingerprint density at radius 3 is 2.57 bits per heavy atom. The van der Waals surface area contributed by atoms with Gasteiger partial charge in [0.15, 0.2) is 5.78 Å². The van der Waals surface area contributed by atoms with Gasteiger partial charge in [-0.25, -0.2) is 0 Å². The summed E-state index contributed by atoms with van der Waals surface area (Å²) in [5.41, 5.74) is 1.79. The molecule has 0 aliphatic carbocycles. The maximum Gasteiger partial charge on any atom is 0.166 e. The van der Waals surface area contributed by atoms with Crippen molar-refractivity contribution in [3.63, 3.8) is 0 Å². The van der Waals surface area contributed by atoms with E-state index in [0.717, 1.165) is 11.3 Å². The van der Waals surface area contributed by atoms with Gasteiger partial charge in [0.1, 0.15) is 0 Å². The van der Waals surface area contributed by atoms with Crippen molar-refractivity contribution < 1.29 is 4.79 Å². The summed E-state index contributed by atoms with van der Waals surface area (Å²) < 4.78 is 0. The molecule has 74 valence electrons. The Hall–Kier alpha value is -1.57. The third-order valence-corrected chi connectivity index (χ3v) is 2.08. The third-order valence-electron chi connectivity index (χ3n) is 2.08. The van der Waals surface area contributed by atoms with Crippen LogP contribution in [0.1, 0.15) is 23.7 Å². The van der Waals surface area contributed by atoms with Crippen LogP contribution >= 0.6 is 0 Å². The quantitative estimate of drug-likeness (QED) is 0.737. The van der Waals surface area contributed by atoms with Crippen LogP contribution in [-0.4, -0.2) is 12.8 Å². The van der Waals surface area contributed by atoms with Crippen LogP contribution in [0.4, 0.5) is 0 Å². The van der Waals surface area contributed by atoms with Crippen LogP contribution < -0.4 is 5.32 Å². The largest absolute Gasteiger partial charge is 0.392 e. The first-order valence-electron chi connectivity index (χ1n) is 4.67. The van der Waals surface area contributed by atoms with E-state index in [1.54, 1.807) is 0 Å². The fraction of sp³-hybridized carbons (Fsp3) is 0.250. The second-order valence-corrected chi connectivity index (χ2v) is 3.13. The normalized spacial score (nSPS) is 11.1. The van der Waals surface area contributed by atoms with Crippen LogP contribution in [0.5, 0.6) is 0 Å². The maximum atomic E-state index is 11.6. The Morgan fingerprint density at radius 2 is 2.00 bits per heavy atom. The van der Waals surface area contributed by atoms with Gasteiger partial charge in [0.05, 0.1) is 0 Å². The summed E-state index contributed by atoms with van der Waals surface area (Å²) >= 11 is 0. The summed E-state index contributed by atoms with van der Waals surface area (Å²) in [6, 6.07) is 9.34. The number of allylic oxidation sites excluding steroid dienone is 2. The van der Waals surface area contributed by atoms with Crippen molar-refractivity contribution in [3.05, 3.63) is 47.7 Å². The molecule has 0 saturated heterocycles. The van der Waals surface area contributed by atoms with Crippen molar-refractivity contribution in [2.24, 2.45) is 0 Å². The van der Waals surface area contributed by atoms with E-state index in [2.05, 4.69) is 5.32 Å². The molecule has 0 aromatic heterocycles. The predicted octanol–water partition coefficient (Wildman–Crippen LogP) is 2.38. The van der Waals surface area contributed by atoms with E-state index in [1.165, 1.54) is 0 Å². The zero-order valence-electron chi connectivity index (χ0n) is 8.58. The number of carbonyl (C=O) groups is 1. The first kappa shape index (κ1) is 10.5. The Balaban J connectivity index is 2.60. The second-order valence-electron chi connectivity index (χ2n) is 3.13. The molecule has 0 unspecified atom stereocenters. The molecule has 1 rings (SSSR count). The lowest BCUT2D eigenvalue weighted by Gasteiger charge is -1.99. The number of benzene rings is 1. The Bertz CT molecular complexity index is 327. The number of hydrogen-bond acceptors (Lipinski definition) is 2. The van der Waals surface area contributed by atoms with E-state index >= 15 is 0 Å². The summed E-state index contributed by atoms with van der Waals surface area (Å²) in [5, 5.41) is 2.98. The molecule has 14 heavy (non-hydrogen) atoms. The number of nitrogens with one attached hydrogen (secondary N) is 1. The van der Waals surface area contributed by atoms with Crippen LogP contribution in [0, 0.1) is 0 Å². The first-order chi connectivity index (χ1) is 6.74. The van der Waals surface area contributed by atoms with E-state index in [4.69, 9.17) is 0 Å². The minimum Gasteiger partial charge on any atom is -0.392 e. The number of Topliss-reactive ketones (excluding diaryl/α,β-unsaturated/α-hetero) is 1. The zero-order valence-corrected chi connectivity index (χ0v) is 8.58. The Morgan fingerprint density at radius 1 is 1.36 bits per heavy atom. The van der Waals surface area contributed by atoms with Gasteiger partial charge in [-0.2, -0.15) is 0 Å². The topological polar surface area (TPSA) is 29.1 Å². The lowest BCUT2D eigenvalue weighted by atomic mass is 10.1. The van der Waals surface area contributed by atoms with Crippen LogP contribution in [0.15, 0.2) is 42.1 Å². The number of ketones is 1. The highest BCUT2D eigenvalue weighted by Gasteiger charge is 2.01. The smallest absolute Gasteiger partial charge is 0.166 e. The van der Waals surface area contributed by atoms with Crippen molar-refractivity contribution in [2.75, 3.05) is 7.05 Å². The fourth-order valence-corrected chi connectivity index (χ4v) is 1.09. The molecule has 1 aromatic carbocycles. The van der Waals surface area contributed by atoms with E-state index in [1.807, 2.05) is 50.4 Å². The molecule has 0 atom stereocenters. The summed E-state index contributed by atoms with van der Waals surface area (Å²) in [5.74, 6) is 0.153. The van der Waals surface area contributed by atoms with Gasteiger partial charge >= 0.3 is 0 Å². The molecule has 0 fully saturated rings. The summed E-state index contributed by atoms with van der Waals surface area (Å²) in [4.78, 5) is 11.6. The minimum atomic E-state index is 0.153. The molecular weight excluding hydrogens is 174 g/mol. The van der Waals surface area contributed by atoms with Gasteiger partial charge in [-0.1, -0.05) is 36.4 Å². The molecule has 0 radical (unpaired) electrons. The first-order valence-corrected chi connectivity index (χ1v) is 4.67. The predicted molar refractivity (Wildman–Crippen MR) is 58.2 cm³/mol. The van der Waals surface area contributed by atoms with E-state index in [0.29, 0.717) is 6.42 Å². The Kier molecular flexibility index (Phi) is 3.92. The molecule has 1 aromatic rings. The Labute approximate surface area is 84.6 Å². The molecule has 0 bridgehead atoms. The van der Waals surface area contributed by atoms with Crippen molar-refractivity contribution in [1.29, 1.82) is 0 Å². The highest BCUT2D eigenvalue weighted by molar-refractivity contribution is 5.96. The number of rotatable bonds is 4. The number of hydrogen-bond donors (Lipinski definition) is 1. The van der Waals surface area contributed by atoms with Crippen LogP contribution in [0.3, 0.4) is 0 Å².